The van der Waals surface area contributed by atoms with Crippen LogP contribution in [0.25, 0.3) is 0 Å². The van der Waals surface area contributed by atoms with Crippen molar-refractivity contribution in [2.24, 2.45) is 5.92 Å². The first-order valence-electron chi connectivity index (χ1n) is 7.03. The molecule has 0 aliphatic carbocycles. The summed E-state index contributed by atoms with van der Waals surface area (Å²) in [6.07, 6.45) is 1.66. The molecule has 1 aromatic rings. The predicted molar refractivity (Wildman–Crippen MR) is 77.6 cm³/mol. The molecule has 0 bridgehead atoms. The number of esters is 1. The first-order valence-corrected chi connectivity index (χ1v) is 7.03. The van der Waals surface area contributed by atoms with Gasteiger partial charge in [0.15, 0.2) is 0 Å². The van der Waals surface area contributed by atoms with Crippen molar-refractivity contribution in [2.45, 2.75) is 39.2 Å². The largest absolute Gasteiger partial charge is 0.508 e. The van der Waals surface area contributed by atoms with E-state index in [9.17, 15) is 9.90 Å². The number of hydrogen-bond acceptors (Lipinski definition) is 4. The second-order valence-electron chi connectivity index (χ2n) is 4.97. The van der Waals surface area contributed by atoms with Gasteiger partial charge in [0, 0.05) is 13.5 Å². The Balaban J connectivity index is 2.35. The average Bonchev–Trinajstić information content (AvgIpc) is 2.46. The number of para-hydroxylation sites is 1. The number of ether oxygens (including phenoxy) is 2. The van der Waals surface area contributed by atoms with E-state index in [2.05, 4.69) is 13.8 Å². The Hall–Kier alpha value is -1.55. The highest BCUT2D eigenvalue weighted by Gasteiger charge is 2.17. The van der Waals surface area contributed by atoms with Gasteiger partial charge in [-0.3, -0.25) is 4.79 Å². The van der Waals surface area contributed by atoms with E-state index in [4.69, 9.17) is 9.47 Å². The van der Waals surface area contributed by atoms with Crippen LogP contribution in [-0.4, -0.2) is 30.9 Å². The smallest absolute Gasteiger partial charge is 0.306 e. The highest BCUT2D eigenvalue weighted by molar-refractivity contribution is 5.69. The number of methoxy groups -OCH3 is 1. The summed E-state index contributed by atoms with van der Waals surface area (Å²) in [5, 5.41) is 9.61. The van der Waals surface area contributed by atoms with E-state index in [-0.39, 0.29) is 30.9 Å². The number of carbonyl (C=O) groups is 1. The molecule has 1 N–H and O–H groups in total. The summed E-state index contributed by atoms with van der Waals surface area (Å²) in [7, 11) is 1.63. The SMILES string of the molecule is CC[C@H](C)C(COC(=O)CCc1ccccc1O)OC. The third-order valence-corrected chi connectivity index (χ3v) is 3.58. The number of aryl methyl sites for hydroxylation is 1. The van der Waals surface area contributed by atoms with Gasteiger partial charge >= 0.3 is 5.97 Å². The minimum atomic E-state index is -0.265. The van der Waals surface area contributed by atoms with Crippen LogP contribution < -0.4 is 0 Å². The summed E-state index contributed by atoms with van der Waals surface area (Å²) >= 11 is 0. The number of rotatable bonds is 8. The van der Waals surface area contributed by atoms with Crippen molar-refractivity contribution in [1.82, 2.24) is 0 Å². The van der Waals surface area contributed by atoms with Crippen LogP contribution in [0.2, 0.25) is 0 Å². The minimum Gasteiger partial charge on any atom is -0.508 e. The lowest BCUT2D eigenvalue weighted by molar-refractivity contribution is -0.148. The van der Waals surface area contributed by atoms with Crippen molar-refractivity contribution in [3.63, 3.8) is 0 Å². The summed E-state index contributed by atoms with van der Waals surface area (Å²) in [6.45, 7) is 4.44. The molecule has 2 atom stereocenters. The molecular formula is C16H24O4. The first-order chi connectivity index (χ1) is 9.58. The average molecular weight is 280 g/mol. The minimum absolute atomic E-state index is 0.0610. The zero-order chi connectivity index (χ0) is 15.0. The van der Waals surface area contributed by atoms with Gasteiger partial charge in [0.05, 0.1) is 6.10 Å². The van der Waals surface area contributed by atoms with Gasteiger partial charge in [0.2, 0.25) is 0 Å². The zero-order valence-electron chi connectivity index (χ0n) is 12.5. The van der Waals surface area contributed by atoms with Crippen LogP contribution in [0, 0.1) is 5.92 Å². The Labute approximate surface area is 120 Å². The molecule has 1 rings (SSSR count). The second kappa shape index (κ2) is 8.59. The quantitative estimate of drug-likeness (QED) is 0.744. The molecule has 0 saturated carbocycles. The molecule has 0 amide bonds. The fourth-order valence-corrected chi connectivity index (χ4v) is 1.93. The van der Waals surface area contributed by atoms with Gasteiger partial charge in [-0.15, -0.1) is 0 Å². The third kappa shape index (κ3) is 5.21. The maximum atomic E-state index is 11.7. The van der Waals surface area contributed by atoms with Crippen LogP contribution in [0.3, 0.4) is 0 Å². The third-order valence-electron chi connectivity index (χ3n) is 3.58. The van der Waals surface area contributed by atoms with Crippen molar-refractivity contribution in [3.05, 3.63) is 29.8 Å². The van der Waals surface area contributed by atoms with Crippen LogP contribution in [0.1, 0.15) is 32.3 Å². The Bertz CT molecular complexity index is 417. The Morgan fingerprint density at radius 2 is 2.05 bits per heavy atom. The first kappa shape index (κ1) is 16.5. The van der Waals surface area contributed by atoms with Crippen LogP contribution in [-0.2, 0) is 20.7 Å². The zero-order valence-corrected chi connectivity index (χ0v) is 12.5. The van der Waals surface area contributed by atoms with Crippen molar-refractivity contribution in [1.29, 1.82) is 0 Å². The molecule has 0 spiro atoms. The highest BCUT2D eigenvalue weighted by atomic mass is 16.6. The maximum absolute atomic E-state index is 11.7. The van der Waals surface area contributed by atoms with E-state index < -0.39 is 0 Å². The number of hydrogen-bond donors (Lipinski definition) is 1. The van der Waals surface area contributed by atoms with Crippen LogP contribution >= 0.6 is 0 Å². The summed E-state index contributed by atoms with van der Waals surface area (Å²) in [4.78, 5) is 11.7. The molecule has 4 nitrogen and oxygen atoms in total. The molecule has 1 aromatic carbocycles. The molecule has 1 unspecified atom stereocenters. The fourth-order valence-electron chi connectivity index (χ4n) is 1.93. The topological polar surface area (TPSA) is 55.8 Å². The number of carbonyl (C=O) groups excluding carboxylic acids is 1. The molecule has 112 valence electrons. The molecular weight excluding hydrogens is 256 g/mol. The molecule has 0 aliphatic heterocycles. The molecule has 0 radical (unpaired) electrons. The van der Waals surface area contributed by atoms with Crippen LogP contribution in [0.5, 0.6) is 5.75 Å². The number of aromatic hydroxyl groups is 1. The lowest BCUT2D eigenvalue weighted by atomic mass is 10.0. The Morgan fingerprint density at radius 3 is 2.65 bits per heavy atom. The number of phenols is 1. The standard InChI is InChI=1S/C16H24O4/c1-4-12(2)15(19-3)11-20-16(18)10-9-13-7-5-6-8-14(13)17/h5-8,12,15,17H,4,9-11H2,1-3H3/t12-,15?/m0/s1. The van der Waals surface area contributed by atoms with Gasteiger partial charge in [-0.05, 0) is 24.0 Å². The second-order valence-corrected chi connectivity index (χ2v) is 4.97. The van der Waals surface area contributed by atoms with Crippen LogP contribution in [0.15, 0.2) is 24.3 Å². The fraction of sp³-hybridized carbons (Fsp3) is 0.562. The van der Waals surface area contributed by atoms with Crippen molar-refractivity contribution in [3.8, 4) is 5.75 Å². The predicted octanol–water partition coefficient (Wildman–Crippen LogP) is 2.93. The van der Waals surface area contributed by atoms with Gasteiger partial charge in [-0.1, -0.05) is 38.5 Å². The highest BCUT2D eigenvalue weighted by Crippen LogP contribution is 2.17. The molecule has 0 saturated heterocycles. The van der Waals surface area contributed by atoms with Gasteiger partial charge in [0.1, 0.15) is 12.4 Å². The summed E-state index contributed by atoms with van der Waals surface area (Å²) in [5.41, 5.74) is 0.759. The van der Waals surface area contributed by atoms with Crippen molar-refractivity contribution in [2.75, 3.05) is 13.7 Å². The lowest BCUT2D eigenvalue weighted by Gasteiger charge is -2.21. The Morgan fingerprint density at radius 1 is 1.35 bits per heavy atom. The maximum Gasteiger partial charge on any atom is 0.306 e. The van der Waals surface area contributed by atoms with Gasteiger partial charge in [-0.2, -0.15) is 0 Å². The van der Waals surface area contributed by atoms with E-state index in [1.165, 1.54) is 0 Å². The molecule has 4 heteroatoms. The molecule has 20 heavy (non-hydrogen) atoms. The lowest BCUT2D eigenvalue weighted by Crippen LogP contribution is -2.27. The summed E-state index contributed by atoms with van der Waals surface area (Å²) in [5.74, 6) is 0.305. The van der Waals surface area contributed by atoms with E-state index in [1.807, 2.05) is 6.07 Å². The van der Waals surface area contributed by atoms with Gasteiger partial charge < -0.3 is 14.6 Å². The molecule has 0 heterocycles. The van der Waals surface area contributed by atoms with E-state index in [0.717, 1.165) is 12.0 Å². The van der Waals surface area contributed by atoms with Gasteiger partial charge in [0.25, 0.3) is 0 Å². The van der Waals surface area contributed by atoms with E-state index in [0.29, 0.717) is 12.3 Å². The Kier molecular flexibility index (Phi) is 7.09. The number of benzene rings is 1. The van der Waals surface area contributed by atoms with Crippen LogP contribution in [0.4, 0.5) is 0 Å². The number of phenolic OH excluding ortho intramolecular Hbond substituents is 1. The molecule has 0 fully saturated rings. The monoisotopic (exact) mass is 280 g/mol. The molecule has 0 aliphatic rings. The molecule has 0 aromatic heterocycles. The summed E-state index contributed by atoms with van der Waals surface area (Å²) < 4.78 is 10.6. The van der Waals surface area contributed by atoms with Crippen molar-refractivity contribution >= 4 is 5.97 Å². The van der Waals surface area contributed by atoms with E-state index in [1.54, 1.807) is 25.3 Å². The van der Waals surface area contributed by atoms with Gasteiger partial charge in [-0.25, -0.2) is 0 Å². The normalized spacial score (nSPS) is 13.8. The summed E-state index contributed by atoms with van der Waals surface area (Å²) in [6, 6.07) is 7.01. The van der Waals surface area contributed by atoms with Crippen molar-refractivity contribution < 1.29 is 19.4 Å². The van der Waals surface area contributed by atoms with E-state index >= 15 is 0 Å².